The number of rotatable bonds is 2. The summed E-state index contributed by atoms with van der Waals surface area (Å²) in [5, 5.41) is 2.70. The molecule has 1 aromatic rings. The van der Waals surface area contributed by atoms with Gasteiger partial charge in [-0.05, 0) is 12.0 Å². The van der Waals surface area contributed by atoms with E-state index in [2.05, 4.69) is 17.4 Å². The van der Waals surface area contributed by atoms with Gasteiger partial charge in [0.1, 0.15) is 0 Å². The standard InChI is InChI=1S/C10H12N2O/c11-10(13)12-9-6-8(9)7-4-2-1-3-5-7/h1-5,8-9H,6H2,(H3,11,12,13)/t8-,9-/m1/s1. The molecule has 3 N–H and O–H groups in total. The first-order valence-electron chi connectivity index (χ1n) is 4.38. The highest BCUT2D eigenvalue weighted by Gasteiger charge is 2.38. The van der Waals surface area contributed by atoms with Crippen molar-refractivity contribution in [1.29, 1.82) is 0 Å². The van der Waals surface area contributed by atoms with Crippen molar-refractivity contribution in [2.45, 2.75) is 18.4 Å². The zero-order valence-corrected chi connectivity index (χ0v) is 7.23. The first-order valence-corrected chi connectivity index (χ1v) is 4.38. The summed E-state index contributed by atoms with van der Waals surface area (Å²) >= 11 is 0. The molecule has 68 valence electrons. The highest BCUT2D eigenvalue weighted by Crippen LogP contribution is 2.40. The Bertz CT molecular complexity index is 310. The number of hydrogen-bond acceptors (Lipinski definition) is 1. The molecule has 0 bridgehead atoms. The van der Waals surface area contributed by atoms with Crippen LogP contribution in [0, 0.1) is 0 Å². The van der Waals surface area contributed by atoms with Gasteiger partial charge < -0.3 is 11.1 Å². The number of amides is 2. The number of nitrogens with one attached hydrogen (secondary N) is 1. The lowest BCUT2D eigenvalue weighted by molar-refractivity contribution is 0.248. The Morgan fingerprint density at radius 2 is 2.08 bits per heavy atom. The molecule has 0 saturated heterocycles. The van der Waals surface area contributed by atoms with E-state index in [-0.39, 0.29) is 6.04 Å². The van der Waals surface area contributed by atoms with Gasteiger partial charge in [-0.25, -0.2) is 4.79 Å². The van der Waals surface area contributed by atoms with E-state index in [1.807, 2.05) is 18.2 Å². The predicted molar refractivity (Wildman–Crippen MR) is 50.3 cm³/mol. The van der Waals surface area contributed by atoms with E-state index in [0.717, 1.165) is 6.42 Å². The lowest BCUT2D eigenvalue weighted by Gasteiger charge is -2.00. The fourth-order valence-electron chi connectivity index (χ4n) is 1.61. The van der Waals surface area contributed by atoms with Crippen molar-refractivity contribution < 1.29 is 4.79 Å². The van der Waals surface area contributed by atoms with Crippen LogP contribution in [0.4, 0.5) is 4.79 Å². The number of hydrogen-bond donors (Lipinski definition) is 2. The molecule has 0 unspecified atom stereocenters. The molecular weight excluding hydrogens is 164 g/mol. The van der Waals surface area contributed by atoms with Crippen LogP contribution in [0.5, 0.6) is 0 Å². The fraction of sp³-hybridized carbons (Fsp3) is 0.300. The second-order valence-electron chi connectivity index (χ2n) is 3.37. The first kappa shape index (κ1) is 8.10. The molecule has 0 aromatic heterocycles. The van der Waals surface area contributed by atoms with Crippen LogP contribution in [-0.4, -0.2) is 12.1 Å². The average molecular weight is 176 g/mol. The van der Waals surface area contributed by atoms with Crippen molar-refractivity contribution in [3.8, 4) is 0 Å². The number of carbonyl (C=O) groups is 1. The Hall–Kier alpha value is -1.51. The smallest absolute Gasteiger partial charge is 0.312 e. The molecule has 0 aliphatic heterocycles. The van der Waals surface area contributed by atoms with Gasteiger partial charge in [0.15, 0.2) is 0 Å². The van der Waals surface area contributed by atoms with Crippen molar-refractivity contribution in [3.63, 3.8) is 0 Å². The number of urea groups is 1. The maximum absolute atomic E-state index is 10.5. The van der Waals surface area contributed by atoms with Crippen LogP contribution in [0.15, 0.2) is 30.3 Å². The molecule has 13 heavy (non-hydrogen) atoms. The summed E-state index contributed by atoms with van der Waals surface area (Å²) in [6.45, 7) is 0. The molecule has 2 amide bonds. The molecule has 3 heteroatoms. The van der Waals surface area contributed by atoms with Gasteiger partial charge in [0, 0.05) is 12.0 Å². The Labute approximate surface area is 76.9 Å². The van der Waals surface area contributed by atoms with E-state index in [0.29, 0.717) is 5.92 Å². The fourth-order valence-corrected chi connectivity index (χ4v) is 1.61. The molecule has 0 spiro atoms. The summed E-state index contributed by atoms with van der Waals surface area (Å²) in [5.74, 6) is 0.466. The minimum Gasteiger partial charge on any atom is -0.352 e. The molecule has 1 aliphatic carbocycles. The molecule has 0 radical (unpaired) electrons. The first-order chi connectivity index (χ1) is 6.27. The maximum Gasteiger partial charge on any atom is 0.312 e. The Morgan fingerprint density at radius 1 is 1.38 bits per heavy atom. The third-order valence-corrected chi connectivity index (χ3v) is 2.35. The average Bonchev–Trinajstić information content (AvgIpc) is 2.84. The second kappa shape index (κ2) is 3.09. The minimum absolute atomic E-state index is 0.250. The lowest BCUT2D eigenvalue weighted by atomic mass is 10.1. The van der Waals surface area contributed by atoms with E-state index >= 15 is 0 Å². The van der Waals surface area contributed by atoms with E-state index in [9.17, 15) is 4.79 Å². The van der Waals surface area contributed by atoms with Gasteiger partial charge in [-0.3, -0.25) is 0 Å². The normalized spacial score (nSPS) is 25.2. The molecule has 0 heterocycles. The van der Waals surface area contributed by atoms with Gasteiger partial charge in [-0.1, -0.05) is 30.3 Å². The van der Waals surface area contributed by atoms with Gasteiger partial charge in [0.05, 0.1) is 0 Å². The van der Waals surface area contributed by atoms with Crippen molar-refractivity contribution >= 4 is 6.03 Å². The van der Waals surface area contributed by atoms with Crippen LogP contribution >= 0.6 is 0 Å². The van der Waals surface area contributed by atoms with Crippen LogP contribution in [0.25, 0.3) is 0 Å². The van der Waals surface area contributed by atoms with Gasteiger partial charge in [-0.2, -0.15) is 0 Å². The number of carbonyl (C=O) groups excluding carboxylic acids is 1. The van der Waals surface area contributed by atoms with E-state index in [4.69, 9.17) is 5.73 Å². The predicted octanol–water partition coefficient (Wildman–Crippen LogP) is 1.21. The van der Waals surface area contributed by atoms with Crippen molar-refractivity contribution in [1.82, 2.24) is 5.32 Å². The summed E-state index contributed by atoms with van der Waals surface area (Å²) in [6.07, 6.45) is 1.01. The highest BCUT2D eigenvalue weighted by molar-refractivity contribution is 5.72. The largest absolute Gasteiger partial charge is 0.352 e. The van der Waals surface area contributed by atoms with Crippen molar-refractivity contribution in [3.05, 3.63) is 35.9 Å². The monoisotopic (exact) mass is 176 g/mol. The molecule has 1 aromatic carbocycles. The van der Waals surface area contributed by atoms with Crippen LogP contribution in [0.1, 0.15) is 17.9 Å². The molecule has 1 fully saturated rings. The molecule has 1 saturated carbocycles. The third-order valence-electron chi connectivity index (χ3n) is 2.35. The van der Waals surface area contributed by atoms with Gasteiger partial charge in [-0.15, -0.1) is 0 Å². The topological polar surface area (TPSA) is 55.1 Å². The van der Waals surface area contributed by atoms with E-state index in [1.54, 1.807) is 0 Å². The van der Waals surface area contributed by atoms with Gasteiger partial charge >= 0.3 is 6.03 Å². The third kappa shape index (κ3) is 1.80. The summed E-state index contributed by atoms with van der Waals surface area (Å²) in [7, 11) is 0. The number of nitrogens with two attached hydrogens (primary N) is 1. The van der Waals surface area contributed by atoms with Gasteiger partial charge in [0.2, 0.25) is 0 Å². The molecule has 2 rings (SSSR count). The Balaban J connectivity index is 1.97. The van der Waals surface area contributed by atoms with E-state index in [1.165, 1.54) is 5.56 Å². The molecular formula is C10H12N2O. The molecule has 2 atom stereocenters. The van der Waals surface area contributed by atoms with Crippen molar-refractivity contribution in [2.24, 2.45) is 5.73 Å². The summed E-state index contributed by atoms with van der Waals surface area (Å²) < 4.78 is 0. The highest BCUT2D eigenvalue weighted by atomic mass is 16.2. The van der Waals surface area contributed by atoms with Crippen LogP contribution in [0.2, 0.25) is 0 Å². The van der Waals surface area contributed by atoms with Crippen LogP contribution < -0.4 is 11.1 Å². The van der Waals surface area contributed by atoms with Crippen LogP contribution in [-0.2, 0) is 0 Å². The molecule has 3 nitrogen and oxygen atoms in total. The summed E-state index contributed by atoms with van der Waals surface area (Å²) in [5.41, 5.74) is 6.30. The minimum atomic E-state index is -0.427. The zero-order valence-electron chi connectivity index (χ0n) is 7.23. The summed E-state index contributed by atoms with van der Waals surface area (Å²) in [6, 6.07) is 9.98. The maximum atomic E-state index is 10.5. The van der Waals surface area contributed by atoms with Gasteiger partial charge in [0.25, 0.3) is 0 Å². The Kier molecular flexibility index (Phi) is 1.93. The quantitative estimate of drug-likeness (QED) is 0.699. The Morgan fingerprint density at radius 3 is 2.69 bits per heavy atom. The van der Waals surface area contributed by atoms with Crippen molar-refractivity contribution in [2.75, 3.05) is 0 Å². The lowest BCUT2D eigenvalue weighted by Crippen LogP contribution is -2.31. The SMILES string of the molecule is NC(=O)N[C@@H]1C[C@@H]1c1ccccc1. The van der Waals surface area contributed by atoms with Crippen LogP contribution in [0.3, 0.4) is 0 Å². The zero-order chi connectivity index (χ0) is 9.26. The van der Waals surface area contributed by atoms with E-state index < -0.39 is 6.03 Å². The number of primary amides is 1. The molecule has 1 aliphatic rings. The summed E-state index contributed by atoms with van der Waals surface area (Å²) in [4.78, 5) is 10.5. The number of benzene rings is 1. The second-order valence-corrected chi connectivity index (χ2v) is 3.37.